The zero-order valence-corrected chi connectivity index (χ0v) is 10.4. The van der Waals surface area contributed by atoms with Crippen molar-refractivity contribution in [3.8, 4) is 0 Å². The summed E-state index contributed by atoms with van der Waals surface area (Å²) in [5, 5.41) is 12.7. The molecule has 0 heterocycles. The van der Waals surface area contributed by atoms with Gasteiger partial charge >= 0.3 is 5.97 Å². The van der Waals surface area contributed by atoms with Crippen molar-refractivity contribution in [2.45, 2.75) is 18.7 Å². The highest BCUT2D eigenvalue weighted by Gasteiger charge is 2.02. The number of nitrogens with one attached hydrogen (secondary N) is 1. The van der Waals surface area contributed by atoms with Crippen LogP contribution >= 0.6 is 11.8 Å². The predicted molar refractivity (Wildman–Crippen MR) is 68.1 cm³/mol. The molecule has 88 valence electrons. The molecule has 3 nitrogen and oxygen atoms in total. The molecule has 0 amide bonds. The lowest BCUT2D eigenvalue weighted by Gasteiger charge is -2.09. The lowest BCUT2D eigenvalue weighted by molar-refractivity contribution is 0.0697. The van der Waals surface area contributed by atoms with E-state index in [1.54, 1.807) is 12.1 Å². The third kappa shape index (κ3) is 4.24. The average Bonchev–Trinajstić information content (AvgIpc) is 2.29. The van der Waals surface area contributed by atoms with Gasteiger partial charge in [-0.05, 0) is 24.0 Å². The average molecular weight is 239 g/mol. The van der Waals surface area contributed by atoms with Crippen molar-refractivity contribution in [2.24, 2.45) is 0 Å². The minimum atomic E-state index is -0.879. The summed E-state index contributed by atoms with van der Waals surface area (Å²) >= 11 is 1.83. The number of aromatic carboxylic acids is 1. The Hall–Kier alpha value is -1.00. The SMILES string of the molecule is CSC(C)CNCc1ccc(C(=O)O)cc1. The second-order valence-electron chi connectivity index (χ2n) is 3.68. The molecule has 0 saturated carbocycles. The van der Waals surface area contributed by atoms with Gasteiger partial charge in [-0.15, -0.1) is 0 Å². The van der Waals surface area contributed by atoms with E-state index in [2.05, 4.69) is 18.5 Å². The van der Waals surface area contributed by atoms with Crippen LogP contribution in [0.2, 0.25) is 0 Å². The molecule has 2 N–H and O–H groups in total. The minimum absolute atomic E-state index is 0.334. The van der Waals surface area contributed by atoms with E-state index in [9.17, 15) is 4.79 Å². The van der Waals surface area contributed by atoms with Crippen LogP contribution in [0.4, 0.5) is 0 Å². The molecular weight excluding hydrogens is 222 g/mol. The Morgan fingerprint density at radius 2 is 2.06 bits per heavy atom. The third-order valence-corrected chi connectivity index (χ3v) is 3.34. The van der Waals surface area contributed by atoms with Crippen molar-refractivity contribution < 1.29 is 9.90 Å². The van der Waals surface area contributed by atoms with Crippen LogP contribution in [0.15, 0.2) is 24.3 Å². The molecule has 0 bridgehead atoms. The number of carboxylic acid groups (broad SMARTS) is 1. The highest BCUT2D eigenvalue weighted by atomic mass is 32.2. The summed E-state index contributed by atoms with van der Waals surface area (Å²) in [5.74, 6) is -0.879. The normalized spacial score (nSPS) is 12.4. The highest BCUT2D eigenvalue weighted by molar-refractivity contribution is 7.99. The first kappa shape index (κ1) is 13.1. The molecule has 0 saturated heterocycles. The van der Waals surface area contributed by atoms with Crippen molar-refractivity contribution >= 4 is 17.7 Å². The maximum atomic E-state index is 10.6. The second kappa shape index (κ2) is 6.55. The Morgan fingerprint density at radius 1 is 1.44 bits per heavy atom. The van der Waals surface area contributed by atoms with Crippen LogP contribution in [0.3, 0.4) is 0 Å². The number of hydrogen-bond acceptors (Lipinski definition) is 3. The molecule has 0 aliphatic rings. The molecule has 0 radical (unpaired) electrons. The fraction of sp³-hybridized carbons (Fsp3) is 0.417. The lowest BCUT2D eigenvalue weighted by atomic mass is 10.1. The van der Waals surface area contributed by atoms with Crippen LogP contribution in [0.1, 0.15) is 22.8 Å². The van der Waals surface area contributed by atoms with Gasteiger partial charge in [-0.1, -0.05) is 19.1 Å². The molecule has 1 aromatic carbocycles. The van der Waals surface area contributed by atoms with Gasteiger partial charge in [0.2, 0.25) is 0 Å². The van der Waals surface area contributed by atoms with Gasteiger partial charge in [-0.2, -0.15) is 11.8 Å². The monoisotopic (exact) mass is 239 g/mol. The molecule has 1 atom stereocenters. The van der Waals surface area contributed by atoms with Crippen molar-refractivity contribution in [3.05, 3.63) is 35.4 Å². The summed E-state index contributed by atoms with van der Waals surface area (Å²) in [7, 11) is 0. The topological polar surface area (TPSA) is 49.3 Å². The first-order valence-corrected chi connectivity index (χ1v) is 6.48. The Morgan fingerprint density at radius 3 is 2.56 bits per heavy atom. The van der Waals surface area contributed by atoms with Crippen LogP contribution in [0, 0.1) is 0 Å². The Balaban J connectivity index is 2.40. The molecule has 0 fully saturated rings. The first-order valence-electron chi connectivity index (χ1n) is 5.19. The van der Waals surface area contributed by atoms with E-state index in [4.69, 9.17) is 5.11 Å². The summed E-state index contributed by atoms with van der Waals surface area (Å²) in [6, 6.07) is 6.97. The van der Waals surface area contributed by atoms with E-state index >= 15 is 0 Å². The van der Waals surface area contributed by atoms with Crippen LogP contribution in [-0.2, 0) is 6.54 Å². The zero-order valence-electron chi connectivity index (χ0n) is 9.56. The first-order chi connectivity index (χ1) is 7.63. The molecule has 1 unspecified atom stereocenters. The van der Waals surface area contributed by atoms with Gasteiger partial charge in [0.1, 0.15) is 0 Å². The summed E-state index contributed by atoms with van der Waals surface area (Å²) in [6.45, 7) is 3.91. The highest BCUT2D eigenvalue weighted by Crippen LogP contribution is 2.06. The van der Waals surface area contributed by atoms with Crippen LogP contribution in [-0.4, -0.2) is 29.1 Å². The zero-order chi connectivity index (χ0) is 12.0. The van der Waals surface area contributed by atoms with Crippen LogP contribution < -0.4 is 5.32 Å². The summed E-state index contributed by atoms with van der Waals surface area (Å²) in [4.78, 5) is 10.6. The summed E-state index contributed by atoms with van der Waals surface area (Å²) < 4.78 is 0. The van der Waals surface area contributed by atoms with Crippen molar-refractivity contribution in [3.63, 3.8) is 0 Å². The number of benzene rings is 1. The van der Waals surface area contributed by atoms with E-state index in [1.807, 2.05) is 23.9 Å². The largest absolute Gasteiger partial charge is 0.478 e. The lowest BCUT2D eigenvalue weighted by Crippen LogP contribution is -2.22. The molecule has 16 heavy (non-hydrogen) atoms. The number of carbonyl (C=O) groups is 1. The van der Waals surface area contributed by atoms with Gasteiger partial charge in [0.15, 0.2) is 0 Å². The Labute approximate surface area is 100 Å². The number of hydrogen-bond donors (Lipinski definition) is 2. The molecule has 1 rings (SSSR count). The fourth-order valence-corrected chi connectivity index (χ4v) is 1.55. The van der Waals surface area contributed by atoms with E-state index in [-0.39, 0.29) is 0 Å². The fourth-order valence-electron chi connectivity index (χ4n) is 1.27. The Kier molecular flexibility index (Phi) is 5.35. The predicted octanol–water partition coefficient (Wildman–Crippen LogP) is 2.23. The molecule has 1 aromatic rings. The maximum absolute atomic E-state index is 10.6. The van der Waals surface area contributed by atoms with Crippen LogP contribution in [0.5, 0.6) is 0 Å². The van der Waals surface area contributed by atoms with E-state index in [1.165, 1.54) is 0 Å². The van der Waals surface area contributed by atoms with Crippen molar-refractivity contribution in [1.29, 1.82) is 0 Å². The molecule has 0 aromatic heterocycles. The van der Waals surface area contributed by atoms with Gasteiger partial charge in [-0.25, -0.2) is 4.79 Å². The standard InChI is InChI=1S/C12H17NO2S/c1-9(16-2)7-13-8-10-3-5-11(6-4-10)12(14)15/h3-6,9,13H,7-8H2,1-2H3,(H,14,15). The third-order valence-electron chi connectivity index (χ3n) is 2.36. The van der Waals surface area contributed by atoms with Gasteiger partial charge in [-0.3, -0.25) is 0 Å². The van der Waals surface area contributed by atoms with Gasteiger partial charge in [0, 0.05) is 18.3 Å². The minimum Gasteiger partial charge on any atom is -0.478 e. The number of carboxylic acids is 1. The summed E-state index contributed by atoms with van der Waals surface area (Å²) in [5.41, 5.74) is 1.44. The smallest absolute Gasteiger partial charge is 0.335 e. The second-order valence-corrected chi connectivity index (χ2v) is 4.96. The Bertz CT molecular complexity index is 337. The van der Waals surface area contributed by atoms with E-state index < -0.39 is 5.97 Å². The molecule has 0 spiro atoms. The van der Waals surface area contributed by atoms with Gasteiger partial charge in [0.25, 0.3) is 0 Å². The van der Waals surface area contributed by atoms with Gasteiger partial charge in [0.05, 0.1) is 5.56 Å². The molecule has 0 aliphatic heterocycles. The van der Waals surface area contributed by atoms with Crippen LogP contribution in [0.25, 0.3) is 0 Å². The maximum Gasteiger partial charge on any atom is 0.335 e. The van der Waals surface area contributed by atoms with Crippen molar-refractivity contribution in [1.82, 2.24) is 5.32 Å². The van der Waals surface area contributed by atoms with E-state index in [0.29, 0.717) is 10.8 Å². The summed E-state index contributed by atoms with van der Waals surface area (Å²) in [6.07, 6.45) is 2.09. The number of thioether (sulfide) groups is 1. The molecular formula is C12H17NO2S. The number of rotatable bonds is 6. The molecule has 0 aliphatic carbocycles. The van der Waals surface area contributed by atoms with Gasteiger partial charge < -0.3 is 10.4 Å². The van der Waals surface area contributed by atoms with Crippen molar-refractivity contribution in [2.75, 3.05) is 12.8 Å². The molecule has 4 heteroatoms. The van der Waals surface area contributed by atoms with E-state index in [0.717, 1.165) is 18.7 Å². The quantitative estimate of drug-likeness (QED) is 0.799.